The zero-order chi connectivity index (χ0) is 29.1. The Morgan fingerprint density at radius 2 is 1.69 bits per heavy atom. The van der Waals surface area contributed by atoms with E-state index < -0.39 is 23.8 Å². The Labute approximate surface area is 237 Å². The van der Waals surface area contributed by atoms with Crippen molar-refractivity contribution in [2.24, 2.45) is 11.8 Å². The Balaban J connectivity index is 2.08. The Morgan fingerprint density at radius 3 is 2.23 bits per heavy atom. The van der Waals surface area contributed by atoms with E-state index in [1.165, 1.54) is 0 Å². The molecule has 1 aliphatic carbocycles. The van der Waals surface area contributed by atoms with Gasteiger partial charge in [0.25, 0.3) is 5.91 Å². The summed E-state index contributed by atoms with van der Waals surface area (Å²) in [6.45, 7) is 15.1. The second kappa shape index (κ2) is 12.4. The number of hydrogen-bond acceptors (Lipinski definition) is 4. The van der Waals surface area contributed by atoms with Crippen molar-refractivity contribution in [2.75, 3.05) is 5.32 Å². The van der Waals surface area contributed by atoms with E-state index in [1.807, 2.05) is 64.1 Å². The van der Waals surface area contributed by atoms with Crippen LogP contribution in [-0.2, 0) is 14.3 Å². The lowest BCUT2D eigenvalue weighted by Gasteiger charge is -2.37. The molecule has 8 heteroatoms. The van der Waals surface area contributed by atoms with E-state index in [2.05, 4.69) is 17.6 Å². The Bertz CT molecular complexity index is 1190. The summed E-state index contributed by atoms with van der Waals surface area (Å²) in [5.74, 6) is -0.626. The van der Waals surface area contributed by atoms with E-state index in [-0.39, 0.29) is 29.7 Å². The lowest BCUT2D eigenvalue weighted by atomic mass is 9.94. The van der Waals surface area contributed by atoms with Gasteiger partial charge in [-0.25, -0.2) is 4.79 Å². The highest BCUT2D eigenvalue weighted by atomic mass is 35.5. The smallest absolute Gasteiger partial charge is 0.408 e. The van der Waals surface area contributed by atoms with E-state index in [1.54, 1.807) is 31.7 Å². The van der Waals surface area contributed by atoms with Gasteiger partial charge in [-0.2, -0.15) is 0 Å². The lowest BCUT2D eigenvalue weighted by Crippen LogP contribution is -2.55. The molecule has 1 saturated carbocycles. The summed E-state index contributed by atoms with van der Waals surface area (Å²) in [5, 5.41) is 6.26. The molecule has 0 aliphatic heterocycles. The minimum Gasteiger partial charge on any atom is -0.444 e. The summed E-state index contributed by atoms with van der Waals surface area (Å²) >= 11 is 6.46. The maximum atomic E-state index is 14.4. The van der Waals surface area contributed by atoms with Crippen molar-refractivity contribution < 1.29 is 19.1 Å². The van der Waals surface area contributed by atoms with E-state index in [9.17, 15) is 14.4 Å². The summed E-state index contributed by atoms with van der Waals surface area (Å²) < 4.78 is 5.49. The van der Waals surface area contributed by atoms with E-state index in [0.717, 1.165) is 23.1 Å². The van der Waals surface area contributed by atoms with Crippen LogP contribution in [0.15, 0.2) is 42.5 Å². The maximum absolute atomic E-state index is 14.4. The molecule has 5 atom stereocenters. The zero-order valence-corrected chi connectivity index (χ0v) is 25.1. The number of ether oxygens (including phenoxy) is 1. The number of alkyl carbamates (subject to hydrolysis) is 1. The topological polar surface area (TPSA) is 87.7 Å². The summed E-state index contributed by atoms with van der Waals surface area (Å²) in [5.41, 5.74) is 2.24. The van der Waals surface area contributed by atoms with Crippen LogP contribution in [0.4, 0.5) is 10.5 Å². The van der Waals surface area contributed by atoms with Crippen LogP contribution in [0.5, 0.6) is 0 Å². The molecule has 0 radical (unpaired) electrons. The van der Waals surface area contributed by atoms with Crippen molar-refractivity contribution in [3.8, 4) is 0 Å². The first kappa shape index (κ1) is 30.5. The van der Waals surface area contributed by atoms with Crippen LogP contribution in [0, 0.1) is 25.7 Å². The number of aryl methyl sites for hydroxylation is 2. The van der Waals surface area contributed by atoms with Gasteiger partial charge in [-0.15, -0.1) is 0 Å². The molecule has 0 saturated heterocycles. The summed E-state index contributed by atoms with van der Waals surface area (Å²) in [4.78, 5) is 43.1. The molecule has 3 rings (SSSR count). The minimum absolute atomic E-state index is 0.146. The highest BCUT2D eigenvalue weighted by molar-refractivity contribution is 6.34. The Kier molecular flexibility index (Phi) is 9.70. The van der Waals surface area contributed by atoms with Crippen molar-refractivity contribution in [3.63, 3.8) is 0 Å². The van der Waals surface area contributed by atoms with Crippen molar-refractivity contribution in [1.29, 1.82) is 0 Å². The highest BCUT2D eigenvalue weighted by Crippen LogP contribution is 2.42. The van der Waals surface area contributed by atoms with Crippen LogP contribution in [0.25, 0.3) is 0 Å². The van der Waals surface area contributed by atoms with Crippen molar-refractivity contribution >= 4 is 35.2 Å². The third-order valence-corrected chi connectivity index (χ3v) is 7.62. The van der Waals surface area contributed by atoms with Gasteiger partial charge in [0.2, 0.25) is 5.91 Å². The first-order valence-electron chi connectivity index (χ1n) is 13.7. The quantitative estimate of drug-likeness (QED) is 0.355. The molecule has 39 heavy (non-hydrogen) atoms. The van der Waals surface area contributed by atoms with Crippen molar-refractivity contribution in [1.82, 2.24) is 10.2 Å². The summed E-state index contributed by atoms with van der Waals surface area (Å²) in [6, 6.07) is 11.1. The van der Waals surface area contributed by atoms with Gasteiger partial charge in [0.15, 0.2) is 0 Å². The minimum atomic E-state index is -0.920. The molecule has 5 unspecified atom stereocenters. The average molecular weight is 556 g/mol. The van der Waals surface area contributed by atoms with Crippen LogP contribution >= 0.6 is 11.6 Å². The Hall–Kier alpha value is -3.06. The first-order chi connectivity index (χ1) is 18.2. The fourth-order valence-electron chi connectivity index (χ4n) is 4.74. The van der Waals surface area contributed by atoms with Crippen LogP contribution in [0.1, 0.15) is 77.1 Å². The molecule has 7 nitrogen and oxygen atoms in total. The first-order valence-corrected chi connectivity index (χ1v) is 14.1. The van der Waals surface area contributed by atoms with E-state index >= 15 is 0 Å². The summed E-state index contributed by atoms with van der Waals surface area (Å²) in [6.07, 6.45) is 0.764. The van der Waals surface area contributed by atoms with Gasteiger partial charge < -0.3 is 20.3 Å². The number of carbonyl (C=O) groups excluding carboxylic acids is 3. The molecule has 2 N–H and O–H groups in total. The zero-order valence-electron chi connectivity index (χ0n) is 24.3. The van der Waals surface area contributed by atoms with E-state index in [0.29, 0.717) is 17.1 Å². The lowest BCUT2D eigenvalue weighted by molar-refractivity contribution is -0.142. The number of anilines is 1. The number of nitrogens with one attached hydrogen (secondary N) is 2. The predicted octanol–water partition coefficient (Wildman–Crippen LogP) is 6.81. The van der Waals surface area contributed by atoms with Crippen LogP contribution < -0.4 is 10.6 Å². The molecule has 2 aromatic rings. The van der Waals surface area contributed by atoms with Gasteiger partial charge in [0.05, 0.1) is 10.7 Å². The molecular weight excluding hydrogens is 514 g/mol. The van der Waals surface area contributed by atoms with Crippen molar-refractivity contribution in [3.05, 3.63) is 64.2 Å². The van der Waals surface area contributed by atoms with Crippen molar-refractivity contribution in [2.45, 2.75) is 92.0 Å². The number of nitrogens with zero attached hydrogens (tertiary/aromatic N) is 1. The van der Waals surface area contributed by atoms with Gasteiger partial charge in [-0.3, -0.25) is 9.59 Å². The number of benzene rings is 2. The van der Waals surface area contributed by atoms with Gasteiger partial charge >= 0.3 is 6.09 Å². The van der Waals surface area contributed by atoms with Gasteiger partial charge in [-0.1, -0.05) is 75.2 Å². The molecule has 0 spiro atoms. The number of rotatable bonds is 9. The van der Waals surface area contributed by atoms with Gasteiger partial charge in [-0.05, 0) is 75.6 Å². The molecule has 1 aliphatic rings. The monoisotopic (exact) mass is 555 g/mol. The molecule has 212 valence electrons. The molecule has 0 bridgehead atoms. The largest absolute Gasteiger partial charge is 0.444 e. The number of hydrogen-bond donors (Lipinski definition) is 2. The maximum Gasteiger partial charge on any atom is 0.408 e. The van der Waals surface area contributed by atoms with Gasteiger partial charge in [0, 0.05) is 6.04 Å². The van der Waals surface area contributed by atoms with Gasteiger partial charge in [0.1, 0.15) is 17.7 Å². The van der Waals surface area contributed by atoms with E-state index in [4.69, 9.17) is 16.3 Å². The summed E-state index contributed by atoms with van der Waals surface area (Å²) in [7, 11) is 0. The molecule has 2 aromatic carbocycles. The third kappa shape index (κ3) is 7.53. The molecule has 0 aromatic heterocycles. The predicted molar refractivity (Wildman–Crippen MR) is 156 cm³/mol. The third-order valence-electron chi connectivity index (χ3n) is 7.31. The fourth-order valence-corrected chi connectivity index (χ4v) is 5.01. The van der Waals surface area contributed by atoms with Crippen LogP contribution in [0.2, 0.25) is 5.02 Å². The normalized spacial score (nSPS) is 18.9. The number of para-hydroxylation sites is 1. The SMILES string of the molecule is CCC(C)C(NC(=O)OC(C)(C)C)C(=O)N(C(C(=O)Nc1c(C)cccc1Cl)c1ccccc1C)C1CC1C. The standard InChI is InChI=1S/C31H42ClN3O4/c1-9-18(2)26(34-30(38)39-31(6,7)8)29(37)35(24-17-21(24)5)27(22-15-11-10-13-19(22)3)28(36)33-25-20(4)14-12-16-23(25)32/h10-16,18,21,24,26-27H,9,17H2,1-8H3,(H,33,36)(H,34,38). The number of carbonyl (C=O) groups is 3. The van der Waals surface area contributed by atoms with Crippen LogP contribution in [0.3, 0.4) is 0 Å². The molecule has 0 heterocycles. The van der Waals surface area contributed by atoms with Crippen LogP contribution in [-0.4, -0.2) is 40.5 Å². The Morgan fingerprint density at radius 1 is 1.08 bits per heavy atom. The highest BCUT2D eigenvalue weighted by Gasteiger charge is 2.49. The average Bonchev–Trinajstić information content (AvgIpc) is 3.57. The number of halogens is 1. The molecule has 3 amide bonds. The molecule has 1 fully saturated rings. The number of amides is 3. The fraction of sp³-hybridized carbons (Fsp3) is 0.516. The second-order valence-electron chi connectivity index (χ2n) is 11.7. The molecular formula is C31H42ClN3O4. The second-order valence-corrected chi connectivity index (χ2v) is 12.1.